The van der Waals surface area contributed by atoms with Crippen LogP contribution in [0.1, 0.15) is 52.9 Å². The zero-order chi connectivity index (χ0) is 25.3. The number of carbonyl (C=O) groups excluding carboxylic acids is 4. The normalized spacial score (nSPS) is 30.6. The molecule has 2 aliphatic heterocycles. The van der Waals surface area contributed by atoms with Crippen LogP contribution >= 0.6 is 0 Å². The first-order valence-corrected chi connectivity index (χ1v) is 11.7. The third-order valence-electron chi connectivity index (χ3n) is 6.09. The molecule has 2 aliphatic rings. The number of nitrogens with one attached hydrogen (secondary N) is 1. The van der Waals surface area contributed by atoms with Gasteiger partial charge in [0.15, 0.2) is 5.78 Å². The van der Waals surface area contributed by atoms with Gasteiger partial charge in [0, 0.05) is 30.8 Å². The minimum absolute atomic E-state index is 0.121. The van der Waals surface area contributed by atoms with E-state index < -0.39 is 36.1 Å². The molecule has 0 aromatic rings. The van der Waals surface area contributed by atoms with Crippen molar-refractivity contribution >= 4 is 23.6 Å². The van der Waals surface area contributed by atoms with E-state index in [4.69, 9.17) is 4.74 Å². The number of allylic oxidation sites excluding steroid dienone is 5. The second-order valence-electron chi connectivity index (χ2n) is 9.09. The molecule has 3 N–H and O–H groups in total. The molecule has 0 saturated carbocycles. The van der Waals surface area contributed by atoms with E-state index in [1.807, 2.05) is 0 Å². The molecule has 2 amide bonds. The minimum atomic E-state index is -1.16. The fraction of sp³-hybridized carbons (Fsp3) is 0.538. The molecule has 0 radical (unpaired) electrons. The van der Waals surface area contributed by atoms with Gasteiger partial charge < -0.3 is 14.9 Å². The fourth-order valence-electron chi connectivity index (χ4n) is 4.11. The summed E-state index contributed by atoms with van der Waals surface area (Å²) in [6.07, 6.45) is 10.2. The Labute approximate surface area is 200 Å². The van der Waals surface area contributed by atoms with Crippen molar-refractivity contribution in [2.24, 2.45) is 17.8 Å². The Morgan fingerprint density at radius 3 is 2.50 bits per heavy atom. The van der Waals surface area contributed by atoms with E-state index in [1.165, 1.54) is 18.2 Å². The van der Waals surface area contributed by atoms with E-state index >= 15 is 0 Å². The molecular weight excluding hydrogens is 438 g/mol. The highest BCUT2D eigenvalue weighted by Gasteiger charge is 2.32. The average Bonchev–Trinajstić information content (AvgIpc) is 2.77. The highest BCUT2D eigenvalue weighted by Crippen LogP contribution is 2.25. The molecule has 186 valence electrons. The van der Waals surface area contributed by atoms with Crippen LogP contribution in [0.5, 0.6) is 0 Å². The Balaban J connectivity index is 2.09. The highest BCUT2D eigenvalue weighted by atomic mass is 16.5. The van der Waals surface area contributed by atoms with Crippen LogP contribution in [0.2, 0.25) is 0 Å². The molecule has 0 aliphatic carbocycles. The summed E-state index contributed by atoms with van der Waals surface area (Å²) in [4.78, 5) is 47.8. The number of esters is 1. The van der Waals surface area contributed by atoms with Gasteiger partial charge in [-0.25, -0.2) is 4.79 Å². The molecule has 2 heterocycles. The summed E-state index contributed by atoms with van der Waals surface area (Å²) in [5, 5.41) is 23.1. The molecular formula is C26H35NO7. The first-order chi connectivity index (χ1) is 16.1. The predicted octanol–water partition coefficient (Wildman–Crippen LogP) is 2.31. The van der Waals surface area contributed by atoms with Crippen molar-refractivity contribution in [3.8, 4) is 0 Å². The number of cyclic esters (lactones) is 1. The number of amides is 2. The summed E-state index contributed by atoms with van der Waals surface area (Å²) in [6.45, 7) is 5.11. The number of hydrogen-bond acceptors (Lipinski definition) is 7. The summed E-state index contributed by atoms with van der Waals surface area (Å²) in [7, 11) is 0. The minimum Gasteiger partial charge on any atom is -0.454 e. The Bertz CT molecular complexity index is 870. The van der Waals surface area contributed by atoms with E-state index in [0.29, 0.717) is 24.8 Å². The third kappa shape index (κ3) is 8.50. The van der Waals surface area contributed by atoms with E-state index in [0.717, 1.165) is 0 Å². The lowest BCUT2D eigenvalue weighted by atomic mass is 9.87. The Hall–Kier alpha value is -2.84. The molecule has 1 saturated heterocycles. The SMILES string of the molecule is C/C(=C\[C@H](C)C(=O)/C=C/CC1CC(=O)NC(=O)C1)[C@@H]1OC(=O)/C=C/CC/C=C/[C@H](O)[C@@H](O)[C@@H]1C. The van der Waals surface area contributed by atoms with Crippen LogP contribution < -0.4 is 5.32 Å². The average molecular weight is 474 g/mol. The molecule has 0 aromatic carbocycles. The number of ether oxygens (including phenoxy) is 1. The number of piperidine rings is 1. The monoisotopic (exact) mass is 473 g/mol. The van der Waals surface area contributed by atoms with Gasteiger partial charge in [-0.3, -0.25) is 19.7 Å². The van der Waals surface area contributed by atoms with E-state index in [1.54, 1.807) is 45.1 Å². The zero-order valence-electron chi connectivity index (χ0n) is 20.0. The fourth-order valence-corrected chi connectivity index (χ4v) is 4.11. The molecule has 0 aromatic heterocycles. The number of carbonyl (C=O) groups is 4. The van der Waals surface area contributed by atoms with Crippen LogP contribution in [0.4, 0.5) is 0 Å². The number of ketones is 1. The van der Waals surface area contributed by atoms with E-state index in [2.05, 4.69) is 5.32 Å². The predicted molar refractivity (Wildman–Crippen MR) is 126 cm³/mol. The first-order valence-electron chi connectivity index (χ1n) is 11.7. The number of aliphatic hydroxyl groups excluding tert-OH is 2. The Morgan fingerprint density at radius 2 is 1.82 bits per heavy atom. The van der Waals surface area contributed by atoms with Gasteiger partial charge in [-0.15, -0.1) is 0 Å². The number of rotatable bonds is 6. The van der Waals surface area contributed by atoms with Gasteiger partial charge in [0.1, 0.15) is 6.10 Å². The Kier molecular flexibility index (Phi) is 10.6. The molecule has 0 unspecified atom stereocenters. The maximum atomic E-state index is 12.6. The van der Waals surface area contributed by atoms with E-state index in [-0.39, 0.29) is 36.4 Å². The van der Waals surface area contributed by atoms with E-state index in [9.17, 15) is 29.4 Å². The van der Waals surface area contributed by atoms with Crippen LogP contribution in [-0.2, 0) is 23.9 Å². The lowest BCUT2D eigenvalue weighted by Gasteiger charge is -2.30. The maximum absolute atomic E-state index is 12.6. The van der Waals surface area contributed by atoms with Crippen LogP contribution in [0.25, 0.3) is 0 Å². The van der Waals surface area contributed by atoms with Gasteiger partial charge in [0.2, 0.25) is 11.8 Å². The molecule has 0 bridgehead atoms. The largest absolute Gasteiger partial charge is 0.454 e. The summed E-state index contributed by atoms with van der Waals surface area (Å²) in [6, 6.07) is 0. The second kappa shape index (κ2) is 13.2. The lowest BCUT2D eigenvalue weighted by Crippen LogP contribution is -2.40. The van der Waals surface area contributed by atoms with Gasteiger partial charge in [-0.1, -0.05) is 44.2 Å². The maximum Gasteiger partial charge on any atom is 0.331 e. The molecule has 5 atom stereocenters. The summed E-state index contributed by atoms with van der Waals surface area (Å²) >= 11 is 0. The Morgan fingerprint density at radius 1 is 1.18 bits per heavy atom. The molecule has 2 rings (SSSR count). The molecule has 8 nitrogen and oxygen atoms in total. The quantitative estimate of drug-likeness (QED) is 0.234. The van der Waals surface area contributed by atoms with Crippen LogP contribution in [0.15, 0.2) is 48.1 Å². The van der Waals surface area contributed by atoms with Gasteiger partial charge >= 0.3 is 5.97 Å². The molecule has 1 fully saturated rings. The van der Waals surface area contributed by atoms with Crippen molar-refractivity contribution in [2.45, 2.75) is 71.2 Å². The van der Waals surface area contributed by atoms with Crippen molar-refractivity contribution in [2.75, 3.05) is 0 Å². The van der Waals surface area contributed by atoms with Crippen LogP contribution in [-0.4, -0.2) is 52.1 Å². The van der Waals surface area contributed by atoms with Crippen LogP contribution in [0.3, 0.4) is 0 Å². The van der Waals surface area contributed by atoms with Crippen molar-refractivity contribution in [1.29, 1.82) is 0 Å². The van der Waals surface area contributed by atoms with Crippen LogP contribution in [0, 0.1) is 17.8 Å². The number of aliphatic hydroxyl groups is 2. The highest BCUT2D eigenvalue weighted by molar-refractivity contribution is 5.97. The lowest BCUT2D eigenvalue weighted by molar-refractivity contribution is -0.146. The summed E-state index contributed by atoms with van der Waals surface area (Å²) < 4.78 is 5.59. The summed E-state index contributed by atoms with van der Waals surface area (Å²) in [5.74, 6) is -2.61. The standard InChI is InChI=1S/C26H35NO7/c1-16(20(28)11-8-9-19-14-22(30)27-23(31)15-19)13-17(2)26-18(3)25(33)21(29)10-6-4-5-7-12-24(32)34-26/h6-8,10-13,16,18-19,21,25-26,29,33H,4-5,9,14-15H2,1-3H3,(H,27,30,31)/b10-6+,11-8+,12-7+,17-13+/t16-,18-,21-,25-,26-/m0/s1. The third-order valence-corrected chi connectivity index (χ3v) is 6.09. The first kappa shape index (κ1) is 27.4. The molecule has 8 heteroatoms. The zero-order valence-corrected chi connectivity index (χ0v) is 20.0. The number of imide groups is 1. The van der Waals surface area contributed by atoms with Crippen molar-refractivity contribution in [3.05, 3.63) is 48.1 Å². The topological polar surface area (TPSA) is 130 Å². The second-order valence-corrected chi connectivity index (χ2v) is 9.09. The summed E-state index contributed by atoms with van der Waals surface area (Å²) in [5.41, 5.74) is 0.588. The van der Waals surface area contributed by atoms with Gasteiger partial charge in [0.05, 0.1) is 12.2 Å². The van der Waals surface area contributed by atoms with Crippen molar-refractivity contribution < 1.29 is 34.1 Å². The van der Waals surface area contributed by atoms with Gasteiger partial charge in [-0.05, 0) is 43.8 Å². The smallest absolute Gasteiger partial charge is 0.331 e. The number of hydrogen-bond donors (Lipinski definition) is 3. The molecule has 34 heavy (non-hydrogen) atoms. The van der Waals surface area contributed by atoms with Crippen molar-refractivity contribution in [3.63, 3.8) is 0 Å². The van der Waals surface area contributed by atoms with Crippen molar-refractivity contribution in [1.82, 2.24) is 5.32 Å². The van der Waals surface area contributed by atoms with Gasteiger partial charge in [-0.2, -0.15) is 0 Å². The van der Waals surface area contributed by atoms with Gasteiger partial charge in [0.25, 0.3) is 0 Å². The molecule has 0 spiro atoms.